The number of ether oxygens (including phenoxy) is 1. The van der Waals surface area contributed by atoms with Crippen molar-refractivity contribution in [2.24, 2.45) is 0 Å². The fraction of sp³-hybridized carbons (Fsp3) is 0.150. The van der Waals surface area contributed by atoms with Crippen LogP contribution >= 0.6 is 0 Å². The molecule has 0 atom stereocenters. The zero-order valence-corrected chi connectivity index (χ0v) is 14.2. The summed E-state index contributed by atoms with van der Waals surface area (Å²) in [6.45, 7) is 4.39. The van der Waals surface area contributed by atoms with Crippen LogP contribution in [0.25, 0.3) is 22.0 Å². The van der Waals surface area contributed by atoms with Gasteiger partial charge in [-0.2, -0.15) is 5.26 Å². The highest BCUT2D eigenvalue weighted by atomic mass is 16.5. The minimum atomic E-state index is -0.0692. The van der Waals surface area contributed by atoms with E-state index in [1.165, 1.54) is 0 Å². The molecule has 0 spiro atoms. The largest absolute Gasteiger partial charge is 0.480 e. The highest BCUT2D eigenvalue weighted by molar-refractivity contribution is 6.01. The van der Waals surface area contributed by atoms with Crippen molar-refractivity contribution in [3.8, 4) is 23.1 Å². The van der Waals surface area contributed by atoms with Crippen molar-refractivity contribution in [1.82, 2.24) is 15.1 Å². The van der Waals surface area contributed by atoms with E-state index in [0.29, 0.717) is 23.6 Å². The van der Waals surface area contributed by atoms with Gasteiger partial charge in [0.05, 0.1) is 30.6 Å². The SMILES string of the molecule is C=C(C#N)CN1Cc2c(cccc2-c2ccc3[nH]nc(OC)c3c2)C1=O. The van der Waals surface area contributed by atoms with Crippen LogP contribution in [0.1, 0.15) is 15.9 Å². The lowest BCUT2D eigenvalue weighted by Gasteiger charge is -2.14. The molecule has 2 heterocycles. The first-order valence-corrected chi connectivity index (χ1v) is 8.14. The third kappa shape index (κ3) is 2.42. The number of nitriles is 1. The molecule has 6 heteroatoms. The molecule has 0 unspecified atom stereocenters. The fourth-order valence-corrected chi connectivity index (χ4v) is 3.37. The third-order valence-corrected chi connectivity index (χ3v) is 4.61. The summed E-state index contributed by atoms with van der Waals surface area (Å²) in [5, 5.41) is 16.9. The van der Waals surface area contributed by atoms with Gasteiger partial charge >= 0.3 is 0 Å². The maximum absolute atomic E-state index is 12.6. The van der Waals surface area contributed by atoms with Gasteiger partial charge in [-0.15, -0.1) is 5.10 Å². The van der Waals surface area contributed by atoms with Gasteiger partial charge in [-0.1, -0.05) is 24.8 Å². The number of nitrogens with zero attached hydrogens (tertiary/aromatic N) is 3. The molecular weight excluding hydrogens is 328 g/mol. The summed E-state index contributed by atoms with van der Waals surface area (Å²) in [4.78, 5) is 14.3. The number of aromatic nitrogens is 2. The Morgan fingerprint density at radius 1 is 1.38 bits per heavy atom. The Balaban J connectivity index is 1.78. The number of amides is 1. The molecule has 0 aliphatic carbocycles. The van der Waals surface area contributed by atoms with Crippen molar-refractivity contribution >= 4 is 16.8 Å². The Labute approximate surface area is 150 Å². The molecule has 1 aliphatic rings. The quantitative estimate of drug-likeness (QED) is 0.737. The zero-order valence-electron chi connectivity index (χ0n) is 14.2. The van der Waals surface area contributed by atoms with E-state index in [2.05, 4.69) is 16.8 Å². The van der Waals surface area contributed by atoms with E-state index in [1.54, 1.807) is 12.0 Å². The molecule has 0 radical (unpaired) electrons. The molecule has 128 valence electrons. The second-order valence-corrected chi connectivity index (χ2v) is 6.20. The number of aromatic amines is 1. The lowest BCUT2D eigenvalue weighted by Crippen LogP contribution is -2.25. The zero-order chi connectivity index (χ0) is 18.3. The van der Waals surface area contributed by atoms with Gasteiger partial charge < -0.3 is 9.64 Å². The van der Waals surface area contributed by atoms with Crippen LogP contribution in [0, 0.1) is 11.3 Å². The Kier molecular flexibility index (Phi) is 3.70. The van der Waals surface area contributed by atoms with E-state index in [-0.39, 0.29) is 12.5 Å². The fourth-order valence-electron chi connectivity index (χ4n) is 3.37. The van der Waals surface area contributed by atoms with E-state index in [1.807, 2.05) is 42.5 Å². The lowest BCUT2D eigenvalue weighted by molar-refractivity contribution is 0.0794. The Bertz CT molecular complexity index is 1090. The van der Waals surface area contributed by atoms with Gasteiger partial charge in [-0.3, -0.25) is 9.89 Å². The molecular formula is C20H16N4O2. The minimum Gasteiger partial charge on any atom is -0.480 e. The van der Waals surface area contributed by atoms with Gasteiger partial charge in [-0.25, -0.2) is 0 Å². The monoisotopic (exact) mass is 344 g/mol. The van der Waals surface area contributed by atoms with E-state index < -0.39 is 0 Å². The Morgan fingerprint density at radius 3 is 2.96 bits per heavy atom. The predicted octanol–water partition coefficient (Wildman–Crippen LogP) is 3.27. The number of hydrogen-bond acceptors (Lipinski definition) is 4. The summed E-state index contributed by atoms with van der Waals surface area (Å²) in [6, 6.07) is 13.7. The predicted molar refractivity (Wildman–Crippen MR) is 97.6 cm³/mol. The van der Waals surface area contributed by atoms with Crippen molar-refractivity contribution in [3.63, 3.8) is 0 Å². The van der Waals surface area contributed by atoms with E-state index >= 15 is 0 Å². The number of carbonyl (C=O) groups excluding carboxylic acids is 1. The number of H-pyrrole nitrogens is 1. The molecule has 0 saturated carbocycles. The second-order valence-electron chi connectivity index (χ2n) is 6.20. The number of rotatable bonds is 4. The third-order valence-electron chi connectivity index (χ3n) is 4.61. The summed E-state index contributed by atoms with van der Waals surface area (Å²) in [5.41, 5.74) is 4.88. The average molecular weight is 344 g/mol. The van der Waals surface area contributed by atoms with E-state index in [9.17, 15) is 4.79 Å². The van der Waals surface area contributed by atoms with Gasteiger partial charge in [0.15, 0.2) is 0 Å². The highest BCUT2D eigenvalue weighted by Gasteiger charge is 2.29. The number of methoxy groups -OCH3 is 1. The van der Waals surface area contributed by atoms with Crippen LogP contribution in [-0.4, -0.2) is 34.7 Å². The maximum atomic E-state index is 12.6. The van der Waals surface area contributed by atoms with Crippen LogP contribution in [0.3, 0.4) is 0 Å². The van der Waals surface area contributed by atoms with Gasteiger partial charge in [0, 0.05) is 17.7 Å². The summed E-state index contributed by atoms with van der Waals surface area (Å²) >= 11 is 0. The van der Waals surface area contributed by atoms with Crippen molar-refractivity contribution in [2.45, 2.75) is 6.54 Å². The van der Waals surface area contributed by atoms with Crippen LogP contribution in [0.4, 0.5) is 0 Å². The molecule has 1 aliphatic heterocycles. The molecule has 4 rings (SSSR count). The van der Waals surface area contributed by atoms with Gasteiger partial charge in [-0.05, 0) is 34.9 Å². The minimum absolute atomic E-state index is 0.0692. The number of hydrogen-bond donors (Lipinski definition) is 1. The molecule has 0 saturated heterocycles. The number of fused-ring (bicyclic) bond motifs is 2. The van der Waals surface area contributed by atoms with Crippen molar-refractivity contribution < 1.29 is 9.53 Å². The molecule has 2 aromatic carbocycles. The van der Waals surface area contributed by atoms with Crippen molar-refractivity contribution in [1.29, 1.82) is 5.26 Å². The lowest BCUT2D eigenvalue weighted by atomic mass is 9.96. The Morgan fingerprint density at radius 2 is 2.19 bits per heavy atom. The second kappa shape index (κ2) is 6.05. The van der Waals surface area contributed by atoms with E-state index in [4.69, 9.17) is 10.00 Å². The molecule has 3 aromatic rings. The van der Waals surface area contributed by atoms with Crippen LogP contribution in [0.2, 0.25) is 0 Å². The smallest absolute Gasteiger partial charge is 0.254 e. The maximum Gasteiger partial charge on any atom is 0.254 e. The Hall–Kier alpha value is -3.59. The number of benzene rings is 2. The standard InChI is InChI=1S/C20H16N4O2/c1-12(9-21)10-24-11-17-14(4-3-5-15(17)20(24)25)13-6-7-18-16(8-13)19(26-2)23-22-18/h3-8H,1,10-11H2,2H3,(H,22,23). The summed E-state index contributed by atoms with van der Waals surface area (Å²) in [5.74, 6) is 0.470. The number of nitrogens with one attached hydrogen (secondary N) is 1. The highest BCUT2D eigenvalue weighted by Crippen LogP contribution is 2.35. The van der Waals surface area contributed by atoms with Crippen LogP contribution < -0.4 is 4.74 Å². The first kappa shape index (κ1) is 15.9. The first-order chi connectivity index (χ1) is 12.6. The van der Waals surface area contributed by atoms with Gasteiger partial charge in [0.2, 0.25) is 5.88 Å². The molecule has 0 bridgehead atoms. The van der Waals surface area contributed by atoms with Crippen LogP contribution in [0.15, 0.2) is 48.6 Å². The topological polar surface area (TPSA) is 82.0 Å². The summed E-state index contributed by atoms with van der Waals surface area (Å²) in [7, 11) is 1.58. The molecule has 1 N–H and O–H groups in total. The van der Waals surface area contributed by atoms with Crippen LogP contribution in [0.5, 0.6) is 5.88 Å². The van der Waals surface area contributed by atoms with Gasteiger partial charge in [0.1, 0.15) is 0 Å². The summed E-state index contributed by atoms with van der Waals surface area (Å²) in [6.07, 6.45) is 0. The van der Waals surface area contributed by atoms with Gasteiger partial charge in [0.25, 0.3) is 5.91 Å². The average Bonchev–Trinajstić information content (AvgIpc) is 3.22. The van der Waals surface area contributed by atoms with Crippen molar-refractivity contribution in [3.05, 3.63) is 59.7 Å². The molecule has 26 heavy (non-hydrogen) atoms. The first-order valence-electron chi connectivity index (χ1n) is 8.14. The normalized spacial score (nSPS) is 12.9. The van der Waals surface area contributed by atoms with Crippen molar-refractivity contribution in [2.75, 3.05) is 13.7 Å². The molecule has 6 nitrogen and oxygen atoms in total. The number of carbonyl (C=O) groups is 1. The molecule has 0 fully saturated rings. The molecule has 1 amide bonds. The van der Waals surface area contributed by atoms with Crippen LogP contribution in [-0.2, 0) is 6.54 Å². The van der Waals surface area contributed by atoms with E-state index in [0.717, 1.165) is 27.6 Å². The molecule has 1 aromatic heterocycles. The summed E-state index contributed by atoms with van der Waals surface area (Å²) < 4.78 is 5.30.